The number of hydrogen-bond donors (Lipinski definition) is 1. The SMILES string of the molecule is COC(=O)C(NC1CC1)c1ccc(C(C)(C)C)s1. The number of thiophene rings is 1. The van der Waals surface area contributed by atoms with E-state index in [0.717, 1.165) is 17.7 Å². The van der Waals surface area contributed by atoms with E-state index >= 15 is 0 Å². The number of carbonyl (C=O) groups is 1. The van der Waals surface area contributed by atoms with Crippen LogP contribution in [0, 0.1) is 0 Å². The lowest BCUT2D eigenvalue weighted by molar-refractivity contribution is -0.143. The van der Waals surface area contributed by atoms with Gasteiger partial charge in [-0.1, -0.05) is 20.8 Å². The molecule has 1 aliphatic rings. The van der Waals surface area contributed by atoms with Crippen molar-refractivity contribution in [1.82, 2.24) is 5.32 Å². The number of rotatable bonds is 4. The average molecular weight is 267 g/mol. The summed E-state index contributed by atoms with van der Waals surface area (Å²) in [5.74, 6) is -0.191. The van der Waals surface area contributed by atoms with Crippen molar-refractivity contribution in [2.45, 2.75) is 51.1 Å². The fraction of sp³-hybridized carbons (Fsp3) is 0.643. The first kappa shape index (κ1) is 13.6. The third-order valence-electron chi connectivity index (χ3n) is 3.07. The van der Waals surface area contributed by atoms with Crippen LogP contribution in [0.1, 0.15) is 49.4 Å². The number of esters is 1. The first-order valence-corrected chi connectivity index (χ1v) is 7.17. The average Bonchev–Trinajstić information content (AvgIpc) is 2.97. The van der Waals surface area contributed by atoms with E-state index in [1.54, 1.807) is 11.3 Å². The van der Waals surface area contributed by atoms with E-state index in [0.29, 0.717) is 6.04 Å². The van der Waals surface area contributed by atoms with Gasteiger partial charge in [-0.2, -0.15) is 0 Å². The van der Waals surface area contributed by atoms with Crippen LogP contribution in [0.15, 0.2) is 12.1 Å². The van der Waals surface area contributed by atoms with Gasteiger partial charge in [0, 0.05) is 15.8 Å². The Bertz CT molecular complexity index is 429. The van der Waals surface area contributed by atoms with Crippen molar-refractivity contribution < 1.29 is 9.53 Å². The first-order chi connectivity index (χ1) is 8.41. The van der Waals surface area contributed by atoms with Gasteiger partial charge >= 0.3 is 5.97 Å². The number of carbonyl (C=O) groups excluding carboxylic acids is 1. The number of nitrogens with one attached hydrogen (secondary N) is 1. The second-order valence-corrected chi connectivity index (χ2v) is 6.96. The summed E-state index contributed by atoms with van der Waals surface area (Å²) in [6.45, 7) is 6.55. The second-order valence-electron chi connectivity index (χ2n) is 5.85. The molecule has 1 unspecified atom stereocenters. The lowest BCUT2D eigenvalue weighted by Gasteiger charge is -2.17. The fourth-order valence-corrected chi connectivity index (χ4v) is 2.90. The molecule has 0 radical (unpaired) electrons. The van der Waals surface area contributed by atoms with Gasteiger partial charge in [-0.3, -0.25) is 5.32 Å². The van der Waals surface area contributed by atoms with Gasteiger partial charge in [-0.15, -0.1) is 11.3 Å². The molecule has 1 atom stereocenters. The minimum atomic E-state index is -0.302. The van der Waals surface area contributed by atoms with Crippen LogP contribution >= 0.6 is 11.3 Å². The van der Waals surface area contributed by atoms with Crippen LogP contribution in [-0.2, 0) is 14.9 Å². The first-order valence-electron chi connectivity index (χ1n) is 6.36. The van der Waals surface area contributed by atoms with Crippen LogP contribution in [0.4, 0.5) is 0 Å². The van der Waals surface area contributed by atoms with E-state index in [2.05, 4.69) is 32.2 Å². The molecule has 4 heteroatoms. The normalized spacial score (nSPS) is 17.6. The van der Waals surface area contributed by atoms with Crippen molar-refractivity contribution in [1.29, 1.82) is 0 Å². The van der Waals surface area contributed by atoms with Crippen molar-refractivity contribution in [2.24, 2.45) is 0 Å². The van der Waals surface area contributed by atoms with Gasteiger partial charge in [0.05, 0.1) is 7.11 Å². The maximum Gasteiger partial charge on any atom is 0.328 e. The van der Waals surface area contributed by atoms with Gasteiger partial charge in [0.1, 0.15) is 6.04 Å². The van der Waals surface area contributed by atoms with Gasteiger partial charge in [0.25, 0.3) is 0 Å². The zero-order chi connectivity index (χ0) is 13.3. The standard InChI is InChI=1S/C14H21NO2S/c1-14(2,3)11-8-7-10(18-11)12(13(16)17-4)15-9-5-6-9/h7-9,12,15H,5-6H2,1-4H3. The molecule has 0 aliphatic heterocycles. The summed E-state index contributed by atoms with van der Waals surface area (Å²) in [6, 6.07) is 4.34. The zero-order valence-electron chi connectivity index (χ0n) is 11.4. The fourth-order valence-electron chi connectivity index (χ4n) is 1.78. The predicted octanol–water partition coefficient (Wildman–Crippen LogP) is 3.01. The molecule has 1 aliphatic carbocycles. The highest BCUT2D eigenvalue weighted by atomic mass is 32.1. The quantitative estimate of drug-likeness (QED) is 0.852. The molecule has 1 aromatic rings. The van der Waals surface area contributed by atoms with Gasteiger partial charge in [0.15, 0.2) is 0 Å². The maximum absolute atomic E-state index is 11.9. The minimum Gasteiger partial charge on any atom is -0.468 e. The van der Waals surface area contributed by atoms with Gasteiger partial charge in [0.2, 0.25) is 0 Å². The Balaban J connectivity index is 2.19. The Morgan fingerprint density at radius 3 is 2.56 bits per heavy atom. The largest absolute Gasteiger partial charge is 0.468 e. The van der Waals surface area contributed by atoms with Crippen LogP contribution in [0.2, 0.25) is 0 Å². The number of ether oxygens (including phenoxy) is 1. The summed E-state index contributed by atoms with van der Waals surface area (Å²) >= 11 is 1.70. The van der Waals surface area contributed by atoms with E-state index in [4.69, 9.17) is 4.74 Å². The Labute approximate surface area is 113 Å². The van der Waals surface area contributed by atoms with Crippen LogP contribution < -0.4 is 5.32 Å². The highest BCUT2D eigenvalue weighted by Crippen LogP contribution is 2.34. The Kier molecular flexibility index (Phi) is 3.78. The molecule has 1 aromatic heterocycles. The Morgan fingerprint density at radius 1 is 1.44 bits per heavy atom. The van der Waals surface area contributed by atoms with Crippen LogP contribution in [0.3, 0.4) is 0 Å². The summed E-state index contributed by atoms with van der Waals surface area (Å²) in [5.41, 5.74) is 0.128. The molecular weight excluding hydrogens is 246 g/mol. The highest BCUT2D eigenvalue weighted by molar-refractivity contribution is 7.12. The van der Waals surface area contributed by atoms with E-state index in [-0.39, 0.29) is 17.4 Å². The Morgan fingerprint density at radius 2 is 2.11 bits per heavy atom. The molecule has 1 heterocycles. The minimum absolute atomic E-state index is 0.128. The Hall–Kier alpha value is -0.870. The molecular formula is C14H21NO2S. The summed E-state index contributed by atoms with van der Waals surface area (Å²) < 4.78 is 4.90. The molecule has 0 bridgehead atoms. The number of hydrogen-bond acceptors (Lipinski definition) is 4. The third kappa shape index (κ3) is 3.12. The third-order valence-corrected chi connectivity index (χ3v) is 4.64. The predicted molar refractivity (Wildman–Crippen MR) is 73.9 cm³/mol. The summed E-state index contributed by atoms with van der Waals surface area (Å²) in [6.07, 6.45) is 2.32. The van der Waals surface area contributed by atoms with Crippen molar-refractivity contribution in [2.75, 3.05) is 7.11 Å². The molecule has 0 saturated heterocycles. The molecule has 0 amide bonds. The summed E-state index contributed by atoms with van der Waals surface area (Å²) in [5, 5.41) is 3.36. The van der Waals surface area contributed by atoms with Gasteiger partial charge in [-0.25, -0.2) is 4.79 Å². The molecule has 1 N–H and O–H groups in total. The van der Waals surface area contributed by atoms with Crippen LogP contribution in [0.25, 0.3) is 0 Å². The van der Waals surface area contributed by atoms with Crippen molar-refractivity contribution in [3.63, 3.8) is 0 Å². The maximum atomic E-state index is 11.9. The topological polar surface area (TPSA) is 38.3 Å². The second kappa shape index (κ2) is 5.02. The molecule has 0 aromatic carbocycles. The molecule has 2 rings (SSSR count). The van der Waals surface area contributed by atoms with Gasteiger partial charge in [-0.05, 0) is 30.4 Å². The zero-order valence-corrected chi connectivity index (χ0v) is 12.3. The van der Waals surface area contributed by atoms with Crippen molar-refractivity contribution in [3.8, 4) is 0 Å². The number of methoxy groups -OCH3 is 1. The molecule has 0 spiro atoms. The molecule has 1 fully saturated rings. The van der Waals surface area contributed by atoms with E-state index in [1.165, 1.54) is 12.0 Å². The summed E-state index contributed by atoms with van der Waals surface area (Å²) in [4.78, 5) is 14.2. The van der Waals surface area contributed by atoms with Crippen LogP contribution in [-0.4, -0.2) is 19.1 Å². The molecule has 100 valence electrons. The molecule has 18 heavy (non-hydrogen) atoms. The summed E-state index contributed by atoms with van der Waals surface area (Å²) in [7, 11) is 1.45. The lowest BCUT2D eigenvalue weighted by atomic mass is 9.95. The van der Waals surface area contributed by atoms with E-state index in [1.807, 2.05) is 6.07 Å². The van der Waals surface area contributed by atoms with E-state index in [9.17, 15) is 4.79 Å². The lowest BCUT2D eigenvalue weighted by Crippen LogP contribution is -2.30. The van der Waals surface area contributed by atoms with Crippen LogP contribution in [0.5, 0.6) is 0 Å². The monoisotopic (exact) mass is 267 g/mol. The van der Waals surface area contributed by atoms with Crippen molar-refractivity contribution in [3.05, 3.63) is 21.9 Å². The highest BCUT2D eigenvalue weighted by Gasteiger charge is 2.31. The van der Waals surface area contributed by atoms with Gasteiger partial charge < -0.3 is 4.74 Å². The molecule has 3 nitrogen and oxygen atoms in total. The smallest absolute Gasteiger partial charge is 0.328 e. The van der Waals surface area contributed by atoms with Crippen molar-refractivity contribution >= 4 is 17.3 Å². The van der Waals surface area contributed by atoms with E-state index < -0.39 is 0 Å². The molecule has 1 saturated carbocycles.